The number of para-hydroxylation sites is 1. The summed E-state index contributed by atoms with van der Waals surface area (Å²) in [6.07, 6.45) is 5.19. The summed E-state index contributed by atoms with van der Waals surface area (Å²) in [5, 5.41) is 5.53. The summed E-state index contributed by atoms with van der Waals surface area (Å²) >= 11 is 7.37. The average molecular weight is 607 g/mol. The molecular weight excluding hydrogens is 586 g/mol. The lowest BCUT2D eigenvalue weighted by Crippen LogP contribution is -2.26. The van der Waals surface area contributed by atoms with E-state index in [9.17, 15) is 9.59 Å². The molecule has 2 aliphatic heterocycles. The number of hydrazone groups is 1. The van der Waals surface area contributed by atoms with Crippen LogP contribution in [0.4, 0.5) is 17.1 Å². The number of fused-ring (bicyclic) bond motifs is 3. The number of rotatable bonds is 4. The van der Waals surface area contributed by atoms with Crippen molar-refractivity contribution in [2.24, 2.45) is 5.10 Å². The average Bonchev–Trinajstić information content (AvgIpc) is 3.56. The number of anilines is 3. The van der Waals surface area contributed by atoms with Gasteiger partial charge in [0.2, 0.25) is 0 Å². The third-order valence-electron chi connectivity index (χ3n) is 6.99. The van der Waals surface area contributed by atoms with Crippen LogP contribution in [0.25, 0.3) is 6.08 Å². The van der Waals surface area contributed by atoms with Gasteiger partial charge >= 0.3 is 0 Å². The van der Waals surface area contributed by atoms with Gasteiger partial charge in [0.1, 0.15) is 5.57 Å². The van der Waals surface area contributed by atoms with Crippen LogP contribution in [0.5, 0.6) is 0 Å². The fourth-order valence-electron chi connectivity index (χ4n) is 5.53. The molecule has 180 valence electrons. The first kappa shape index (κ1) is 23.2. The fourth-order valence-corrected chi connectivity index (χ4v) is 6.47. The number of benzene rings is 3. The number of nitrogens with zero attached hydrogens (tertiary/aromatic N) is 3. The highest BCUT2D eigenvalue weighted by molar-refractivity contribution is 9.10. The van der Waals surface area contributed by atoms with Gasteiger partial charge in [0.25, 0.3) is 18.3 Å². The van der Waals surface area contributed by atoms with Gasteiger partial charge in [0.05, 0.1) is 11.4 Å². The molecule has 0 spiro atoms. The molecule has 1 fully saturated rings. The van der Waals surface area contributed by atoms with Crippen LogP contribution in [-0.4, -0.2) is 24.3 Å². The van der Waals surface area contributed by atoms with E-state index in [-0.39, 0.29) is 17.4 Å². The molecule has 0 N–H and O–H groups in total. The standard InChI is InChI=1S/C28H21Br2N3O3/c29-18-9-11-19(12-10-18)32-25-8-4-7-21(25)22-13-17(15-24(30)26(22)32)14-23-27(36-16-34)31-33(28(23)35)20-5-2-1-3-6-20/h1-3,5-6,9-16,21,25H,4,7-8H2/b23-14-. The minimum atomic E-state index is -0.343. The van der Waals surface area contributed by atoms with E-state index < -0.39 is 0 Å². The molecule has 3 aromatic carbocycles. The van der Waals surface area contributed by atoms with Crippen LogP contribution in [0.3, 0.4) is 0 Å². The van der Waals surface area contributed by atoms with E-state index in [1.54, 1.807) is 18.2 Å². The first-order valence-corrected chi connectivity index (χ1v) is 13.3. The van der Waals surface area contributed by atoms with E-state index in [2.05, 4.69) is 72.2 Å². The van der Waals surface area contributed by atoms with E-state index in [4.69, 9.17) is 4.74 Å². The Morgan fingerprint density at radius 3 is 2.50 bits per heavy atom. The Morgan fingerprint density at radius 2 is 1.75 bits per heavy atom. The summed E-state index contributed by atoms with van der Waals surface area (Å²) in [6, 6.07) is 22.1. The number of carbonyl (C=O) groups is 2. The van der Waals surface area contributed by atoms with Gasteiger partial charge in [-0.2, -0.15) is 5.01 Å². The Labute approximate surface area is 225 Å². The maximum absolute atomic E-state index is 13.3. The topological polar surface area (TPSA) is 62.2 Å². The van der Waals surface area contributed by atoms with Crippen molar-refractivity contribution in [1.29, 1.82) is 0 Å². The molecule has 36 heavy (non-hydrogen) atoms. The third kappa shape index (κ3) is 3.89. The smallest absolute Gasteiger partial charge is 0.299 e. The molecule has 0 radical (unpaired) electrons. The van der Waals surface area contributed by atoms with Crippen LogP contribution < -0.4 is 9.91 Å². The van der Waals surface area contributed by atoms with Gasteiger partial charge in [-0.25, -0.2) is 0 Å². The second-order valence-corrected chi connectivity index (χ2v) is 10.8. The predicted molar refractivity (Wildman–Crippen MR) is 147 cm³/mol. The summed E-state index contributed by atoms with van der Waals surface area (Å²) in [5.74, 6) is 0.0633. The van der Waals surface area contributed by atoms with E-state index in [1.807, 2.05) is 24.3 Å². The maximum atomic E-state index is 13.3. The number of hydrogen-bond acceptors (Lipinski definition) is 5. The molecule has 1 saturated carbocycles. The molecule has 1 amide bonds. The number of amides is 1. The highest BCUT2D eigenvalue weighted by Gasteiger charge is 2.43. The van der Waals surface area contributed by atoms with Gasteiger partial charge in [-0.1, -0.05) is 40.5 Å². The Bertz CT molecular complexity index is 1420. The first-order valence-electron chi connectivity index (χ1n) is 11.7. The van der Waals surface area contributed by atoms with Crippen molar-refractivity contribution in [2.45, 2.75) is 31.2 Å². The van der Waals surface area contributed by atoms with Crippen LogP contribution in [0, 0.1) is 0 Å². The molecule has 6 rings (SSSR count). The zero-order valence-corrected chi connectivity index (χ0v) is 22.3. The first-order chi connectivity index (χ1) is 17.5. The quantitative estimate of drug-likeness (QED) is 0.239. The molecule has 0 bridgehead atoms. The summed E-state index contributed by atoms with van der Waals surface area (Å²) in [4.78, 5) is 26.9. The Balaban J connectivity index is 1.41. The highest BCUT2D eigenvalue weighted by Crippen LogP contribution is 2.55. The van der Waals surface area contributed by atoms with Crippen LogP contribution in [0.15, 0.2) is 86.3 Å². The number of halogens is 2. The van der Waals surface area contributed by atoms with Crippen molar-refractivity contribution in [3.63, 3.8) is 0 Å². The SMILES string of the molecule is O=COC1=NN(c2ccccc2)C(=O)/C1=C\c1cc(Br)c2c(c1)C1CCCC1N2c1ccc(Br)cc1. The van der Waals surface area contributed by atoms with Gasteiger partial charge in [-0.05, 0) is 94.5 Å². The largest absolute Gasteiger partial charge is 0.407 e. The van der Waals surface area contributed by atoms with E-state index in [0.29, 0.717) is 24.1 Å². The van der Waals surface area contributed by atoms with E-state index in [0.717, 1.165) is 27.4 Å². The monoisotopic (exact) mass is 605 g/mol. The van der Waals surface area contributed by atoms with Gasteiger partial charge in [-0.15, -0.1) is 5.10 Å². The second-order valence-electron chi connectivity index (χ2n) is 9.02. The van der Waals surface area contributed by atoms with Crippen molar-refractivity contribution < 1.29 is 14.3 Å². The zero-order chi connectivity index (χ0) is 24.8. The molecule has 3 aliphatic rings. The van der Waals surface area contributed by atoms with Gasteiger partial charge in [0.15, 0.2) is 0 Å². The second kappa shape index (κ2) is 9.33. The van der Waals surface area contributed by atoms with Crippen LogP contribution in [-0.2, 0) is 14.3 Å². The van der Waals surface area contributed by atoms with Gasteiger partial charge in [0, 0.05) is 26.6 Å². The van der Waals surface area contributed by atoms with Gasteiger partial charge in [-0.3, -0.25) is 9.59 Å². The minimum absolute atomic E-state index is 0.00861. The van der Waals surface area contributed by atoms with Crippen molar-refractivity contribution in [2.75, 3.05) is 9.91 Å². The maximum Gasteiger partial charge on any atom is 0.299 e. The van der Waals surface area contributed by atoms with Crippen molar-refractivity contribution in [1.82, 2.24) is 0 Å². The molecule has 6 nitrogen and oxygen atoms in total. The summed E-state index contributed by atoms with van der Waals surface area (Å²) < 4.78 is 7.12. The highest BCUT2D eigenvalue weighted by atomic mass is 79.9. The molecule has 2 atom stereocenters. The van der Waals surface area contributed by atoms with Crippen LogP contribution in [0.2, 0.25) is 0 Å². The molecule has 8 heteroatoms. The summed E-state index contributed by atoms with van der Waals surface area (Å²) in [5.41, 5.74) is 5.30. The number of hydrogen-bond donors (Lipinski definition) is 0. The summed E-state index contributed by atoms with van der Waals surface area (Å²) in [6.45, 7) is 0.298. The Kier molecular flexibility index (Phi) is 6.01. The molecule has 3 aromatic rings. The number of carbonyl (C=O) groups excluding carboxylic acids is 2. The normalized spacial score (nSPS) is 21.6. The van der Waals surface area contributed by atoms with Crippen LogP contribution in [0.1, 0.15) is 36.3 Å². The molecule has 2 unspecified atom stereocenters. The predicted octanol–water partition coefficient (Wildman–Crippen LogP) is 6.92. The van der Waals surface area contributed by atoms with E-state index in [1.165, 1.54) is 28.4 Å². The summed E-state index contributed by atoms with van der Waals surface area (Å²) in [7, 11) is 0. The van der Waals surface area contributed by atoms with Crippen LogP contribution >= 0.6 is 31.9 Å². The molecule has 0 aromatic heterocycles. The lowest BCUT2D eigenvalue weighted by atomic mass is 9.95. The lowest BCUT2D eigenvalue weighted by molar-refractivity contribution is -0.121. The third-order valence-corrected chi connectivity index (χ3v) is 8.12. The Morgan fingerprint density at radius 1 is 0.972 bits per heavy atom. The van der Waals surface area contributed by atoms with Crippen molar-refractivity contribution in [3.8, 4) is 0 Å². The minimum Gasteiger partial charge on any atom is -0.407 e. The molecular formula is C28H21Br2N3O3. The lowest BCUT2D eigenvalue weighted by Gasteiger charge is -2.28. The molecule has 0 saturated heterocycles. The fraction of sp³-hybridized carbons (Fsp3) is 0.179. The van der Waals surface area contributed by atoms with Crippen molar-refractivity contribution in [3.05, 3.63) is 92.4 Å². The molecule has 1 aliphatic carbocycles. The zero-order valence-electron chi connectivity index (χ0n) is 19.1. The number of ether oxygens (including phenoxy) is 1. The Hall–Kier alpha value is -3.23. The molecule has 2 heterocycles. The van der Waals surface area contributed by atoms with Crippen molar-refractivity contribution >= 4 is 73.3 Å². The van der Waals surface area contributed by atoms with E-state index >= 15 is 0 Å². The van der Waals surface area contributed by atoms with Gasteiger partial charge < -0.3 is 9.64 Å².